The van der Waals surface area contributed by atoms with Gasteiger partial charge in [-0.15, -0.1) is 0 Å². The molecule has 2 aliphatic rings. The molecule has 2 aromatic carbocycles. The van der Waals surface area contributed by atoms with Crippen LogP contribution in [0.4, 0.5) is 22.4 Å². The number of carbonyl (C=O) groups is 6. The summed E-state index contributed by atoms with van der Waals surface area (Å²) in [7, 11) is -2.00. The normalized spacial score (nSPS) is 16.0. The lowest BCUT2D eigenvalue weighted by Crippen LogP contribution is -2.60. The molecule has 5 rings (SSSR count). The molecule has 0 saturated carbocycles. The standard InChI is InChI=1S/C31H26BClF4N6O11/c33-19-14(11-16(35)22(44)23(19)45)21(27(47)40-17-10-12-2-3-15(34)18(30(50)51)24(12)54-32(17)53)41-31(52)43-9-8-42(28(48)29(43)49)7-1-5-39-26(46)13-4-6-38-25(37)20(13)36/h2-4,6,11,17,21,44-45,53H,1,5,7-10H2,(H,39,46)(H,40,47)(H,41,52)(H,50,51)/t17-,21-/m0/s1. The SMILES string of the molecule is O=C(NCCCN1CCN(C(=O)N[C@H](C(=O)N[C@H]2Cc3ccc(F)c(C(=O)O)c3OB2O)c2cc(F)c(O)c(O)c2Cl)C(=O)C1=O)c1ccnc(F)c1F. The van der Waals surface area contributed by atoms with E-state index in [0.29, 0.717) is 11.0 Å². The largest absolute Gasteiger partial charge is 0.547 e. The number of piperazine rings is 1. The van der Waals surface area contributed by atoms with Gasteiger partial charge in [0.25, 0.3) is 5.91 Å². The van der Waals surface area contributed by atoms with Gasteiger partial charge < -0.3 is 45.8 Å². The number of carboxylic acids is 1. The smallest absolute Gasteiger partial charge is 0.534 e. The van der Waals surface area contributed by atoms with E-state index in [0.717, 1.165) is 29.3 Å². The summed E-state index contributed by atoms with van der Waals surface area (Å²) in [5.41, 5.74) is -2.11. The molecule has 1 fully saturated rings. The first-order valence-corrected chi connectivity index (χ1v) is 16.0. The number of carbonyl (C=O) groups excluding carboxylic acids is 5. The van der Waals surface area contributed by atoms with Crippen LogP contribution in [0, 0.1) is 23.4 Å². The number of carboxylic acid groups (broad SMARTS) is 1. The van der Waals surface area contributed by atoms with E-state index in [1.165, 1.54) is 0 Å². The van der Waals surface area contributed by atoms with Crippen LogP contribution in [-0.4, -0.2) is 110 Å². The van der Waals surface area contributed by atoms with E-state index in [4.69, 9.17) is 16.3 Å². The number of halogens is 5. The highest BCUT2D eigenvalue weighted by Crippen LogP contribution is 2.40. The van der Waals surface area contributed by atoms with E-state index < -0.39 is 124 Å². The monoisotopic (exact) mass is 780 g/mol. The van der Waals surface area contributed by atoms with Crippen molar-refractivity contribution in [2.75, 3.05) is 26.2 Å². The average Bonchev–Trinajstić information content (AvgIpc) is 3.12. The molecule has 17 nitrogen and oxygen atoms in total. The molecule has 7 N–H and O–H groups in total. The van der Waals surface area contributed by atoms with Crippen molar-refractivity contribution < 1.29 is 71.3 Å². The summed E-state index contributed by atoms with van der Waals surface area (Å²) in [6, 6.07) is -0.100. The maximum atomic E-state index is 14.6. The van der Waals surface area contributed by atoms with Crippen molar-refractivity contribution in [3.63, 3.8) is 0 Å². The Morgan fingerprint density at radius 3 is 2.46 bits per heavy atom. The number of hydrogen-bond donors (Lipinski definition) is 7. The second-order valence-corrected chi connectivity index (χ2v) is 12.1. The van der Waals surface area contributed by atoms with Crippen molar-refractivity contribution in [2.24, 2.45) is 0 Å². The third-order valence-electron chi connectivity index (χ3n) is 8.32. The minimum absolute atomic E-state index is 0.0383. The summed E-state index contributed by atoms with van der Waals surface area (Å²) in [4.78, 5) is 81.2. The highest BCUT2D eigenvalue weighted by Gasteiger charge is 2.42. The molecular weight excluding hydrogens is 755 g/mol. The van der Waals surface area contributed by atoms with Gasteiger partial charge in [-0.25, -0.2) is 27.7 Å². The Morgan fingerprint density at radius 2 is 1.76 bits per heavy atom. The number of aromatic carboxylic acids is 1. The number of amides is 6. The highest BCUT2D eigenvalue weighted by atomic mass is 35.5. The summed E-state index contributed by atoms with van der Waals surface area (Å²) >= 11 is 6.10. The fourth-order valence-corrected chi connectivity index (χ4v) is 5.84. The third kappa shape index (κ3) is 7.78. The fraction of sp³-hybridized carbons (Fsp3) is 0.258. The Morgan fingerprint density at radius 1 is 1.04 bits per heavy atom. The van der Waals surface area contributed by atoms with Crippen molar-refractivity contribution in [1.82, 2.24) is 30.7 Å². The number of phenols is 2. The van der Waals surface area contributed by atoms with Gasteiger partial charge in [0.1, 0.15) is 23.2 Å². The first-order valence-electron chi connectivity index (χ1n) is 15.6. The Hall–Kier alpha value is -6.16. The lowest BCUT2D eigenvalue weighted by Gasteiger charge is -2.34. The lowest BCUT2D eigenvalue weighted by atomic mass is 9.72. The van der Waals surface area contributed by atoms with Crippen LogP contribution in [0.3, 0.4) is 0 Å². The summed E-state index contributed by atoms with van der Waals surface area (Å²) in [6.45, 7) is -0.958. The predicted molar refractivity (Wildman–Crippen MR) is 173 cm³/mol. The van der Waals surface area contributed by atoms with Crippen LogP contribution in [0.25, 0.3) is 0 Å². The second-order valence-electron chi connectivity index (χ2n) is 11.7. The molecule has 3 aromatic rings. The van der Waals surface area contributed by atoms with E-state index in [1.807, 2.05) is 0 Å². The molecule has 1 aromatic heterocycles. The molecule has 2 aliphatic heterocycles. The number of aromatic nitrogens is 1. The quantitative estimate of drug-likeness (QED) is 0.0377. The van der Waals surface area contributed by atoms with Gasteiger partial charge in [-0.05, 0) is 36.6 Å². The number of pyridine rings is 1. The molecule has 0 unspecified atom stereocenters. The number of aromatic hydroxyl groups is 2. The van der Waals surface area contributed by atoms with Crippen molar-refractivity contribution in [2.45, 2.75) is 24.8 Å². The fourth-order valence-electron chi connectivity index (χ4n) is 5.59. The Kier molecular flexibility index (Phi) is 11.5. The van der Waals surface area contributed by atoms with Crippen LogP contribution in [0.5, 0.6) is 17.2 Å². The summed E-state index contributed by atoms with van der Waals surface area (Å²) in [5, 5.41) is 45.9. The first-order chi connectivity index (χ1) is 25.5. The molecule has 0 spiro atoms. The number of urea groups is 1. The van der Waals surface area contributed by atoms with E-state index in [2.05, 4.69) is 20.9 Å². The summed E-state index contributed by atoms with van der Waals surface area (Å²) in [5.74, 6) is -16.6. The van der Waals surface area contributed by atoms with Crippen molar-refractivity contribution >= 4 is 54.3 Å². The van der Waals surface area contributed by atoms with Crippen LogP contribution in [0.2, 0.25) is 5.02 Å². The number of phenolic OH excluding ortho intramolecular Hbond substituents is 2. The van der Waals surface area contributed by atoms with Gasteiger partial charge >= 0.3 is 30.9 Å². The van der Waals surface area contributed by atoms with Crippen molar-refractivity contribution in [3.8, 4) is 17.2 Å². The minimum atomic E-state index is -2.11. The van der Waals surface area contributed by atoms with Crippen LogP contribution < -0.4 is 20.6 Å². The zero-order valence-electron chi connectivity index (χ0n) is 27.2. The zero-order chi connectivity index (χ0) is 39.6. The number of benzene rings is 2. The van der Waals surface area contributed by atoms with Crippen LogP contribution in [-0.2, 0) is 20.8 Å². The molecule has 23 heteroatoms. The Bertz CT molecular complexity index is 2080. The zero-order valence-corrected chi connectivity index (χ0v) is 28.0. The molecule has 0 radical (unpaired) electrons. The molecule has 1 saturated heterocycles. The highest BCUT2D eigenvalue weighted by molar-refractivity contribution is 6.47. The van der Waals surface area contributed by atoms with Crippen molar-refractivity contribution in [3.05, 3.63) is 81.1 Å². The Balaban J connectivity index is 1.28. The molecule has 0 aliphatic carbocycles. The summed E-state index contributed by atoms with van der Waals surface area (Å²) in [6.07, 6.45) is 0.573. The minimum Gasteiger partial charge on any atom is -0.534 e. The molecule has 284 valence electrons. The second kappa shape index (κ2) is 15.8. The topological polar surface area (TPSA) is 248 Å². The van der Waals surface area contributed by atoms with Crippen LogP contribution in [0.15, 0.2) is 30.5 Å². The molecule has 54 heavy (non-hydrogen) atoms. The van der Waals surface area contributed by atoms with Gasteiger partial charge in [0.05, 0.1) is 16.5 Å². The maximum absolute atomic E-state index is 14.6. The van der Waals surface area contributed by atoms with Gasteiger partial charge in [-0.2, -0.15) is 4.39 Å². The van der Waals surface area contributed by atoms with E-state index in [-0.39, 0.29) is 38.0 Å². The van der Waals surface area contributed by atoms with Gasteiger partial charge in [0.15, 0.2) is 23.1 Å². The predicted octanol–water partition coefficient (Wildman–Crippen LogP) is 0.782. The third-order valence-corrected chi connectivity index (χ3v) is 8.72. The number of imide groups is 1. The van der Waals surface area contributed by atoms with Crippen LogP contribution >= 0.6 is 11.6 Å². The van der Waals surface area contributed by atoms with Crippen LogP contribution in [0.1, 0.15) is 44.3 Å². The number of nitrogens with zero attached hydrogens (tertiary/aromatic N) is 3. The first kappa shape index (κ1) is 39.1. The van der Waals surface area contributed by atoms with Crippen molar-refractivity contribution in [1.29, 1.82) is 0 Å². The number of rotatable bonds is 10. The number of fused-ring (bicyclic) bond motifs is 1. The van der Waals surface area contributed by atoms with E-state index in [9.17, 15) is 66.7 Å². The summed E-state index contributed by atoms with van der Waals surface area (Å²) < 4.78 is 61.1. The molecule has 2 atom stereocenters. The lowest BCUT2D eigenvalue weighted by molar-refractivity contribution is -0.153. The maximum Gasteiger partial charge on any atom is 0.547 e. The van der Waals surface area contributed by atoms with E-state index in [1.54, 1.807) is 0 Å². The molecule has 3 heterocycles. The van der Waals surface area contributed by atoms with Gasteiger partial charge in [0.2, 0.25) is 11.9 Å². The number of nitrogens with one attached hydrogen (secondary N) is 3. The average molecular weight is 781 g/mol. The van der Waals surface area contributed by atoms with Gasteiger partial charge in [0, 0.05) is 37.9 Å². The molecule has 0 bridgehead atoms. The molecule has 6 amide bonds. The Labute approximate surface area is 305 Å². The van der Waals surface area contributed by atoms with Gasteiger partial charge in [-0.1, -0.05) is 17.7 Å². The molecular formula is C31H26BClF4N6O11. The van der Waals surface area contributed by atoms with Gasteiger partial charge in [-0.3, -0.25) is 24.1 Å². The number of hydrogen-bond acceptors (Lipinski definition) is 11. The van der Waals surface area contributed by atoms with E-state index >= 15 is 0 Å².